The lowest BCUT2D eigenvalue weighted by Gasteiger charge is -2.33. The van der Waals surface area contributed by atoms with Gasteiger partial charge in [-0.2, -0.15) is 0 Å². The molecule has 176 valence electrons. The molecule has 0 saturated carbocycles. The van der Waals surface area contributed by atoms with Gasteiger partial charge in [0, 0.05) is 40.3 Å². The summed E-state index contributed by atoms with van der Waals surface area (Å²) in [5.74, 6) is 2.67. The fourth-order valence-corrected chi connectivity index (χ4v) is 3.44. The minimum atomic E-state index is 0. The first kappa shape index (κ1) is 26.0. The van der Waals surface area contributed by atoms with Crippen molar-refractivity contribution in [1.29, 1.82) is 0 Å². The summed E-state index contributed by atoms with van der Waals surface area (Å²) in [5.41, 5.74) is 1.16. The number of guanidine groups is 1. The van der Waals surface area contributed by atoms with Crippen molar-refractivity contribution < 1.29 is 4.79 Å². The van der Waals surface area contributed by atoms with Crippen molar-refractivity contribution in [2.75, 3.05) is 33.7 Å². The Labute approximate surface area is 207 Å². The van der Waals surface area contributed by atoms with Gasteiger partial charge in [-0.3, -0.25) is 9.69 Å². The predicted octanol–water partition coefficient (Wildman–Crippen LogP) is 1.53. The molecule has 0 spiro atoms. The molecular weight excluding hydrogens is 519 g/mol. The normalized spacial score (nSPS) is 15.2. The molecule has 0 bridgehead atoms. The Morgan fingerprint density at radius 1 is 1.19 bits per heavy atom. The highest BCUT2D eigenvalue weighted by molar-refractivity contribution is 14.0. The van der Waals surface area contributed by atoms with E-state index in [0.29, 0.717) is 25.7 Å². The highest BCUT2D eigenvalue weighted by Crippen LogP contribution is 2.11. The van der Waals surface area contributed by atoms with E-state index in [-0.39, 0.29) is 29.9 Å². The van der Waals surface area contributed by atoms with Gasteiger partial charge < -0.3 is 20.1 Å². The first-order chi connectivity index (χ1) is 14.9. The number of likely N-dealkylation sites (N-methyl/N-ethyl adjacent to an activating group) is 1. The van der Waals surface area contributed by atoms with Crippen LogP contribution in [0.3, 0.4) is 0 Å². The molecule has 1 saturated heterocycles. The molecule has 9 nitrogen and oxygen atoms in total. The number of halogens is 1. The third kappa shape index (κ3) is 7.73. The van der Waals surface area contributed by atoms with Gasteiger partial charge in [-0.05, 0) is 25.3 Å². The zero-order chi connectivity index (χ0) is 22.2. The van der Waals surface area contributed by atoms with E-state index in [4.69, 9.17) is 4.99 Å². The summed E-state index contributed by atoms with van der Waals surface area (Å²) in [4.78, 5) is 20.6. The Bertz CT molecular complexity index is 875. The van der Waals surface area contributed by atoms with Crippen molar-refractivity contribution in [3.05, 3.63) is 47.5 Å². The van der Waals surface area contributed by atoms with Crippen LogP contribution in [0.15, 0.2) is 35.3 Å². The second-order valence-corrected chi connectivity index (χ2v) is 8.21. The van der Waals surface area contributed by atoms with Crippen molar-refractivity contribution in [2.24, 2.45) is 12.0 Å². The van der Waals surface area contributed by atoms with E-state index in [1.807, 2.05) is 36.7 Å². The summed E-state index contributed by atoms with van der Waals surface area (Å²) < 4.78 is 1.97. The van der Waals surface area contributed by atoms with Gasteiger partial charge in [-0.25, -0.2) is 4.99 Å². The summed E-state index contributed by atoms with van der Waals surface area (Å²) >= 11 is 0. The largest absolute Gasteiger partial charge is 0.354 e. The lowest BCUT2D eigenvalue weighted by Crippen LogP contribution is -2.50. The molecule has 1 amide bonds. The number of rotatable bonds is 7. The molecule has 3 rings (SSSR count). The highest BCUT2D eigenvalue weighted by Gasteiger charge is 2.22. The second-order valence-electron chi connectivity index (χ2n) is 8.21. The number of aryl methyl sites for hydroxylation is 1. The Hall–Kier alpha value is -2.21. The first-order valence-corrected chi connectivity index (χ1v) is 10.8. The third-order valence-electron chi connectivity index (χ3n) is 5.65. The van der Waals surface area contributed by atoms with Crippen molar-refractivity contribution in [2.45, 2.75) is 38.9 Å². The molecule has 10 heteroatoms. The van der Waals surface area contributed by atoms with Crippen molar-refractivity contribution >= 4 is 35.8 Å². The monoisotopic (exact) mass is 554 g/mol. The van der Waals surface area contributed by atoms with Crippen molar-refractivity contribution in [1.82, 2.24) is 35.2 Å². The van der Waals surface area contributed by atoms with Gasteiger partial charge >= 0.3 is 0 Å². The van der Waals surface area contributed by atoms with E-state index in [0.717, 1.165) is 49.1 Å². The van der Waals surface area contributed by atoms with E-state index < -0.39 is 0 Å². The van der Waals surface area contributed by atoms with Crippen LogP contribution < -0.4 is 10.6 Å². The predicted molar refractivity (Wildman–Crippen MR) is 137 cm³/mol. The van der Waals surface area contributed by atoms with Crippen LogP contribution in [-0.2, 0) is 24.9 Å². The number of carbonyl (C=O) groups excluding carboxylic acids is 1. The third-order valence-corrected chi connectivity index (χ3v) is 5.65. The molecule has 1 aromatic heterocycles. The molecule has 0 aliphatic carbocycles. The van der Waals surface area contributed by atoms with Gasteiger partial charge in [0.25, 0.3) is 0 Å². The lowest BCUT2D eigenvalue weighted by atomic mass is 10.1. The van der Waals surface area contributed by atoms with Crippen LogP contribution in [0.4, 0.5) is 0 Å². The van der Waals surface area contributed by atoms with Crippen LogP contribution in [-0.4, -0.2) is 76.2 Å². The summed E-state index contributed by atoms with van der Waals surface area (Å²) in [5, 5.41) is 15.3. The number of nitrogens with zero attached hydrogens (tertiary/aromatic N) is 6. The summed E-state index contributed by atoms with van der Waals surface area (Å²) in [6.45, 7) is 5.36. The number of hydrogen-bond acceptors (Lipinski definition) is 5. The quantitative estimate of drug-likeness (QED) is 0.307. The topological polar surface area (TPSA) is 90.7 Å². The molecule has 32 heavy (non-hydrogen) atoms. The maximum Gasteiger partial charge on any atom is 0.236 e. The highest BCUT2D eigenvalue weighted by atomic mass is 127. The molecule has 1 fully saturated rings. The van der Waals surface area contributed by atoms with Crippen LogP contribution in [0.1, 0.15) is 30.1 Å². The second kappa shape index (κ2) is 12.7. The molecule has 1 aliphatic heterocycles. The van der Waals surface area contributed by atoms with E-state index in [1.165, 1.54) is 0 Å². The van der Waals surface area contributed by atoms with Gasteiger partial charge in [-0.1, -0.05) is 30.3 Å². The van der Waals surface area contributed by atoms with Crippen molar-refractivity contribution in [3.8, 4) is 0 Å². The number of carbonyl (C=O) groups is 1. The van der Waals surface area contributed by atoms with Gasteiger partial charge in [0.05, 0.1) is 19.6 Å². The average molecular weight is 554 g/mol. The Morgan fingerprint density at radius 2 is 1.88 bits per heavy atom. The van der Waals surface area contributed by atoms with Crippen LogP contribution in [0.25, 0.3) is 0 Å². The minimum absolute atomic E-state index is 0. The summed E-state index contributed by atoms with van der Waals surface area (Å²) in [6.07, 6.45) is 1.94. The van der Waals surface area contributed by atoms with Gasteiger partial charge in [-0.15, -0.1) is 34.2 Å². The molecule has 2 heterocycles. The molecule has 2 aromatic rings. The molecule has 1 aromatic carbocycles. The van der Waals surface area contributed by atoms with Gasteiger partial charge in [0.1, 0.15) is 5.82 Å². The van der Waals surface area contributed by atoms with Crippen molar-refractivity contribution in [3.63, 3.8) is 0 Å². The zero-order valence-corrected chi connectivity index (χ0v) is 21.7. The number of likely N-dealkylation sites (tertiary alicyclic amines) is 1. The molecular formula is C22H35IN8O. The summed E-state index contributed by atoms with van der Waals surface area (Å²) in [7, 11) is 5.57. The zero-order valence-electron chi connectivity index (χ0n) is 19.4. The Balaban J connectivity index is 0.00000363. The molecule has 2 N–H and O–H groups in total. The number of aromatic nitrogens is 3. The molecule has 0 radical (unpaired) electrons. The lowest BCUT2D eigenvalue weighted by molar-refractivity contribution is -0.130. The van der Waals surface area contributed by atoms with Gasteiger partial charge in [0.2, 0.25) is 5.91 Å². The van der Waals surface area contributed by atoms with Gasteiger partial charge in [0.15, 0.2) is 11.8 Å². The van der Waals surface area contributed by atoms with E-state index in [2.05, 4.69) is 37.9 Å². The maximum atomic E-state index is 12.0. The smallest absolute Gasteiger partial charge is 0.236 e. The van der Waals surface area contributed by atoms with Crippen LogP contribution in [0, 0.1) is 6.92 Å². The number of aliphatic imine (C=N–C) groups is 1. The number of amides is 1. The molecule has 1 aliphatic rings. The Morgan fingerprint density at radius 3 is 2.47 bits per heavy atom. The van der Waals surface area contributed by atoms with Crippen LogP contribution in [0.2, 0.25) is 0 Å². The maximum absolute atomic E-state index is 12.0. The minimum Gasteiger partial charge on any atom is -0.354 e. The Kier molecular flexibility index (Phi) is 10.4. The number of benzene rings is 1. The SMILES string of the molecule is Cc1nnc(CNC(=NCc2ccccc2)NC2CCN(CC(=O)N(C)C)CC2)n1C.I. The number of nitrogens with one attached hydrogen (secondary N) is 2. The van der Waals surface area contributed by atoms with Crippen LogP contribution >= 0.6 is 24.0 Å². The summed E-state index contributed by atoms with van der Waals surface area (Å²) in [6, 6.07) is 10.5. The first-order valence-electron chi connectivity index (χ1n) is 10.8. The number of hydrogen-bond donors (Lipinski definition) is 2. The standard InChI is InChI=1S/C22H34N8O.HI/c1-17-26-27-20(29(17)4)15-24-22(23-14-18-8-6-5-7-9-18)25-19-10-12-30(13-11-19)16-21(31)28(2)3;/h5-9,19H,10-16H2,1-4H3,(H2,23,24,25);1H. The molecule has 0 unspecified atom stereocenters. The fourth-order valence-electron chi connectivity index (χ4n) is 3.44. The van der Waals surface area contributed by atoms with E-state index in [9.17, 15) is 4.79 Å². The number of piperidine rings is 1. The van der Waals surface area contributed by atoms with E-state index >= 15 is 0 Å². The van der Waals surface area contributed by atoms with E-state index in [1.54, 1.807) is 19.0 Å². The molecule has 0 atom stereocenters. The fraction of sp³-hybridized carbons (Fsp3) is 0.545. The van der Waals surface area contributed by atoms with Crippen LogP contribution in [0.5, 0.6) is 0 Å². The average Bonchev–Trinajstić information content (AvgIpc) is 3.09.